The van der Waals surface area contributed by atoms with E-state index in [4.69, 9.17) is 14.7 Å². The first-order chi connectivity index (χ1) is 9.38. The predicted molar refractivity (Wildman–Crippen MR) is 75.9 cm³/mol. The number of aromatic nitrogens is 2. The van der Waals surface area contributed by atoms with Crippen LogP contribution >= 0.6 is 0 Å². The molecule has 0 bridgehead atoms. The number of nitrogens with one attached hydrogen (secondary N) is 1. The van der Waals surface area contributed by atoms with E-state index in [0.29, 0.717) is 0 Å². The largest absolute Gasteiger partial charge is 0.378 e. The molecule has 19 heavy (non-hydrogen) atoms. The van der Waals surface area contributed by atoms with Crippen molar-refractivity contribution in [2.75, 3.05) is 43.1 Å². The lowest BCUT2D eigenvalue weighted by Crippen LogP contribution is -2.37. The summed E-state index contributed by atoms with van der Waals surface area (Å²) in [6.45, 7) is 6.50. The highest BCUT2D eigenvalue weighted by Crippen LogP contribution is 2.28. The van der Waals surface area contributed by atoms with Crippen LogP contribution in [0.15, 0.2) is 0 Å². The van der Waals surface area contributed by atoms with Gasteiger partial charge in [0.05, 0.1) is 18.9 Å². The fraction of sp³-hybridized carbons (Fsp3) is 0.714. The zero-order valence-corrected chi connectivity index (χ0v) is 11.6. The van der Waals surface area contributed by atoms with Crippen molar-refractivity contribution < 1.29 is 4.74 Å². The fourth-order valence-corrected chi connectivity index (χ4v) is 2.71. The van der Waals surface area contributed by atoms with Crippen LogP contribution in [0.2, 0.25) is 0 Å². The summed E-state index contributed by atoms with van der Waals surface area (Å²) in [6, 6.07) is 0. The van der Waals surface area contributed by atoms with Crippen LogP contribution in [0, 0.1) is 0 Å². The summed E-state index contributed by atoms with van der Waals surface area (Å²) in [7, 11) is 0. The summed E-state index contributed by atoms with van der Waals surface area (Å²) < 4.78 is 5.40. The third kappa shape index (κ3) is 2.66. The molecule has 0 saturated carbocycles. The Morgan fingerprint density at radius 2 is 2.05 bits per heavy atom. The zero-order chi connectivity index (χ0) is 13.1. The molecule has 3 rings (SSSR count). The first kappa shape index (κ1) is 12.7. The number of fused-ring (bicyclic) bond motifs is 1. The smallest absolute Gasteiger partial charge is 0.227 e. The highest BCUT2D eigenvalue weighted by Gasteiger charge is 2.22. The van der Waals surface area contributed by atoms with Gasteiger partial charge in [-0.25, -0.2) is 4.98 Å². The lowest BCUT2D eigenvalue weighted by Gasteiger charge is -2.27. The van der Waals surface area contributed by atoms with Crippen molar-refractivity contribution in [1.82, 2.24) is 9.97 Å². The van der Waals surface area contributed by atoms with Gasteiger partial charge >= 0.3 is 0 Å². The van der Waals surface area contributed by atoms with E-state index in [9.17, 15) is 0 Å². The van der Waals surface area contributed by atoms with Crippen molar-refractivity contribution in [3.63, 3.8) is 0 Å². The third-order valence-corrected chi connectivity index (χ3v) is 3.76. The second-order valence-electron chi connectivity index (χ2n) is 5.18. The molecule has 104 valence electrons. The Labute approximate surface area is 114 Å². The highest BCUT2D eigenvalue weighted by molar-refractivity contribution is 5.53. The van der Waals surface area contributed by atoms with Gasteiger partial charge in [0.2, 0.25) is 5.95 Å². The topological polar surface area (TPSA) is 50.3 Å². The summed E-state index contributed by atoms with van der Waals surface area (Å²) in [4.78, 5) is 11.8. The van der Waals surface area contributed by atoms with Gasteiger partial charge in [-0.05, 0) is 25.7 Å². The van der Waals surface area contributed by atoms with Crippen molar-refractivity contribution >= 4 is 11.8 Å². The van der Waals surface area contributed by atoms with Crippen LogP contribution in [0.25, 0.3) is 0 Å². The van der Waals surface area contributed by atoms with Gasteiger partial charge in [0.15, 0.2) is 0 Å². The average molecular weight is 262 g/mol. The van der Waals surface area contributed by atoms with Gasteiger partial charge in [0.1, 0.15) is 5.82 Å². The molecule has 0 unspecified atom stereocenters. The maximum atomic E-state index is 5.40. The molecular formula is C14H22N4O. The minimum atomic E-state index is 0.776. The Morgan fingerprint density at radius 3 is 2.84 bits per heavy atom. The van der Waals surface area contributed by atoms with Crippen molar-refractivity contribution in [2.45, 2.75) is 32.6 Å². The summed E-state index contributed by atoms with van der Waals surface area (Å²) in [5, 5.41) is 3.47. The number of aryl methyl sites for hydroxylation is 1. The Kier molecular flexibility index (Phi) is 3.82. The van der Waals surface area contributed by atoms with E-state index in [1.54, 1.807) is 0 Å². The van der Waals surface area contributed by atoms with Crippen LogP contribution < -0.4 is 10.2 Å². The molecule has 0 spiro atoms. The molecular weight excluding hydrogens is 240 g/mol. The van der Waals surface area contributed by atoms with E-state index in [0.717, 1.165) is 63.9 Å². The van der Waals surface area contributed by atoms with Crippen LogP contribution in [0.5, 0.6) is 0 Å². The van der Waals surface area contributed by atoms with Gasteiger partial charge in [-0.2, -0.15) is 4.98 Å². The quantitative estimate of drug-likeness (QED) is 0.893. The van der Waals surface area contributed by atoms with E-state index in [1.165, 1.54) is 17.7 Å². The Balaban J connectivity index is 1.87. The second-order valence-corrected chi connectivity index (χ2v) is 5.18. The molecule has 0 aromatic carbocycles. The second kappa shape index (κ2) is 5.74. The molecule has 2 aliphatic rings. The molecule has 1 aliphatic carbocycles. The summed E-state index contributed by atoms with van der Waals surface area (Å²) in [5.74, 6) is 1.94. The Hall–Kier alpha value is -1.36. The number of rotatable bonds is 4. The third-order valence-electron chi connectivity index (χ3n) is 3.76. The summed E-state index contributed by atoms with van der Waals surface area (Å²) in [6.07, 6.45) is 4.53. The minimum absolute atomic E-state index is 0.776. The van der Waals surface area contributed by atoms with E-state index in [1.807, 2.05) is 0 Å². The van der Waals surface area contributed by atoms with E-state index < -0.39 is 0 Å². The normalized spacial score (nSPS) is 18.5. The number of hydrogen-bond donors (Lipinski definition) is 1. The van der Waals surface area contributed by atoms with Gasteiger partial charge in [0.25, 0.3) is 0 Å². The average Bonchev–Trinajstić information content (AvgIpc) is 2.94. The molecule has 5 nitrogen and oxygen atoms in total. The predicted octanol–water partition coefficient (Wildman–Crippen LogP) is 1.62. The van der Waals surface area contributed by atoms with Gasteiger partial charge in [-0.1, -0.05) is 6.92 Å². The van der Waals surface area contributed by atoms with Gasteiger partial charge < -0.3 is 15.0 Å². The molecule has 0 amide bonds. The van der Waals surface area contributed by atoms with Crippen LogP contribution in [-0.4, -0.2) is 42.8 Å². The van der Waals surface area contributed by atoms with E-state index in [-0.39, 0.29) is 0 Å². The molecule has 1 aromatic rings. The summed E-state index contributed by atoms with van der Waals surface area (Å²) >= 11 is 0. The van der Waals surface area contributed by atoms with Crippen LogP contribution in [0.1, 0.15) is 31.0 Å². The van der Waals surface area contributed by atoms with Crippen LogP contribution in [0.4, 0.5) is 11.8 Å². The fourth-order valence-electron chi connectivity index (χ4n) is 2.71. The SMILES string of the molecule is CCCNc1nc(N2CCOCC2)nc2c1CCC2. The Bertz CT molecular complexity index is 443. The molecule has 1 N–H and O–H groups in total. The highest BCUT2D eigenvalue weighted by atomic mass is 16.5. The van der Waals surface area contributed by atoms with Crippen LogP contribution in [-0.2, 0) is 17.6 Å². The standard InChI is InChI=1S/C14H22N4O/c1-2-6-15-13-11-4-3-5-12(11)16-14(17-13)18-7-9-19-10-8-18/h2-10H2,1H3,(H,15,16,17). The van der Waals surface area contributed by atoms with Gasteiger partial charge in [0, 0.05) is 25.2 Å². The number of anilines is 2. The monoisotopic (exact) mass is 262 g/mol. The summed E-state index contributed by atoms with van der Waals surface area (Å²) in [5.41, 5.74) is 2.58. The first-order valence-electron chi connectivity index (χ1n) is 7.35. The van der Waals surface area contributed by atoms with Crippen molar-refractivity contribution in [2.24, 2.45) is 0 Å². The number of ether oxygens (including phenoxy) is 1. The number of morpholine rings is 1. The Morgan fingerprint density at radius 1 is 1.21 bits per heavy atom. The molecule has 1 aromatic heterocycles. The van der Waals surface area contributed by atoms with E-state index in [2.05, 4.69) is 17.1 Å². The van der Waals surface area contributed by atoms with Crippen LogP contribution in [0.3, 0.4) is 0 Å². The maximum Gasteiger partial charge on any atom is 0.227 e. The molecule has 1 aliphatic heterocycles. The van der Waals surface area contributed by atoms with Crippen molar-refractivity contribution in [3.8, 4) is 0 Å². The molecule has 2 heterocycles. The lowest BCUT2D eigenvalue weighted by molar-refractivity contribution is 0.122. The number of nitrogens with zero attached hydrogens (tertiary/aromatic N) is 3. The van der Waals surface area contributed by atoms with Crippen molar-refractivity contribution in [3.05, 3.63) is 11.3 Å². The lowest BCUT2D eigenvalue weighted by atomic mass is 10.2. The molecule has 0 radical (unpaired) electrons. The van der Waals surface area contributed by atoms with E-state index >= 15 is 0 Å². The molecule has 1 saturated heterocycles. The van der Waals surface area contributed by atoms with Crippen molar-refractivity contribution in [1.29, 1.82) is 0 Å². The van der Waals surface area contributed by atoms with Gasteiger partial charge in [-0.15, -0.1) is 0 Å². The van der Waals surface area contributed by atoms with Gasteiger partial charge in [-0.3, -0.25) is 0 Å². The maximum absolute atomic E-state index is 5.40. The molecule has 5 heteroatoms. The zero-order valence-electron chi connectivity index (χ0n) is 11.6. The first-order valence-corrected chi connectivity index (χ1v) is 7.35. The number of hydrogen-bond acceptors (Lipinski definition) is 5. The minimum Gasteiger partial charge on any atom is -0.378 e. The molecule has 0 atom stereocenters. The molecule has 1 fully saturated rings.